The highest BCUT2D eigenvalue weighted by Crippen LogP contribution is 2.16. The lowest BCUT2D eigenvalue weighted by atomic mass is 10.2. The molecule has 0 spiro atoms. The van der Waals surface area contributed by atoms with E-state index in [2.05, 4.69) is 28.4 Å². The normalized spacial score (nSPS) is 18.5. The highest BCUT2D eigenvalue weighted by atomic mass is 16.5. The molecule has 1 saturated heterocycles. The number of nitrogens with one attached hydrogen (secondary N) is 1. The molecule has 1 fully saturated rings. The van der Waals surface area contributed by atoms with E-state index in [1.54, 1.807) is 24.3 Å². The zero-order valence-corrected chi connectivity index (χ0v) is 14.1. The molecule has 2 aromatic carbocycles. The maximum atomic E-state index is 10.2. The average Bonchev–Trinajstić information content (AvgIpc) is 3.08. The number of anilines is 1. The van der Waals surface area contributed by atoms with Gasteiger partial charge in [0.2, 0.25) is 0 Å². The van der Waals surface area contributed by atoms with Crippen molar-refractivity contribution in [2.75, 3.05) is 31.6 Å². The number of hydrogen-bond acceptors (Lipinski definition) is 5. The molecule has 2 atom stereocenters. The molecule has 5 heteroatoms. The lowest BCUT2D eigenvalue weighted by Gasteiger charge is -2.21. The monoisotopic (exact) mass is 337 g/mol. The number of likely N-dealkylation sites (tertiary alicyclic amines) is 1. The average molecular weight is 337 g/mol. The van der Waals surface area contributed by atoms with Gasteiger partial charge in [0.25, 0.3) is 0 Å². The van der Waals surface area contributed by atoms with Crippen molar-refractivity contribution in [3.05, 3.63) is 60.2 Å². The first kappa shape index (κ1) is 17.3. The molecule has 3 rings (SSSR count). The van der Waals surface area contributed by atoms with E-state index in [4.69, 9.17) is 10.00 Å². The Morgan fingerprint density at radius 2 is 1.96 bits per heavy atom. The Morgan fingerprint density at radius 1 is 1.20 bits per heavy atom. The maximum absolute atomic E-state index is 10.2. The van der Waals surface area contributed by atoms with Gasteiger partial charge in [-0.2, -0.15) is 5.26 Å². The van der Waals surface area contributed by atoms with Crippen molar-refractivity contribution < 1.29 is 9.84 Å². The molecule has 0 radical (unpaired) electrons. The van der Waals surface area contributed by atoms with Crippen molar-refractivity contribution in [3.63, 3.8) is 0 Å². The third-order valence-electron chi connectivity index (χ3n) is 4.31. The molecule has 1 aliphatic heterocycles. The molecule has 0 saturated carbocycles. The Labute approximate surface area is 148 Å². The molecule has 0 bridgehead atoms. The maximum Gasteiger partial charge on any atom is 0.119 e. The minimum absolute atomic E-state index is 0.249. The third kappa shape index (κ3) is 5.21. The molecule has 130 valence electrons. The molecule has 2 unspecified atom stereocenters. The molecule has 25 heavy (non-hydrogen) atoms. The highest BCUT2D eigenvalue weighted by Gasteiger charge is 2.24. The van der Waals surface area contributed by atoms with E-state index in [0.717, 1.165) is 25.2 Å². The van der Waals surface area contributed by atoms with E-state index in [9.17, 15) is 5.11 Å². The van der Waals surface area contributed by atoms with Crippen molar-refractivity contribution in [2.24, 2.45) is 0 Å². The van der Waals surface area contributed by atoms with Crippen LogP contribution < -0.4 is 10.1 Å². The number of aliphatic hydroxyl groups excluding tert-OH is 1. The fraction of sp³-hybridized carbons (Fsp3) is 0.350. The van der Waals surface area contributed by atoms with Crippen molar-refractivity contribution in [1.82, 2.24) is 4.90 Å². The molecule has 2 N–H and O–H groups in total. The number of hydrogen-bond donors (Lipinski definition) is 2. The number of nitriles is 1. The molecule has 0 aromatic heterocycles. The number of nitrogens with zero attached hydrogens (tertiary/aromatic N) is 2. The van der Waals surface area contributed by atoms with Crippen LogP contribution in [0.15, 0.2) is 54.6 Å². The summed E-state index contributed by atoms with van der Waals surface area (Å²) >= 11 is 0. The zero-order chi connectivity index (χ0) is 17.5. The minimum Gasteiger partial charge on any atom is -0.491 e. The standard InChI is InChI=1S/C20H23N3O2/c21-12-16-6-8-20(9-7-16)25-15-19(24)14-23-11-10-18(13-23)22-17-4-2-1-3-5-17/h1-9,18-19,22,24H,10-11,13-15H2. The predicted molar refractivity (Wildman–Crippen MR) is 97.6 cm³/mol. The summed E-state index contributed by atoms with van der Waals surface area (Å²) in [6.45, 7) is 2.74. The van der Waals surface area contributed by atoms with Crippen LogP contribution in [0.25, 0.3) is 0 Å². The second-order valence-electron chi connectivity index (χ2n) is 6.36. The van der Waals surface area contributed by atoms with Gasteiger partial charge in [0.15, 0.2) is 0 Å². The van der Waals surface area contributed by atoms with Gasteiger partial charge in [-0.25, -0.2) is 0 Å². The van der Waals surface area contributed by atoms with E-state index in [1.807, 2.05) is 18.2 Å². The number of para-hydroxylation sites is 1. The van der Waals surface area contributed by atoms with Gasteiger partial charge in [0.05, 0.1) is 11.6 Å². The molecular formula is C20H23N3O2. The lowest BCUT2D eigenvalue weighted by molar-refractivity contribution is 0.0756. The van der Waals surface area contributed by atoms with Crippen LogP contribution in [-0.4, -0.2) is 48.4 Å². The van der Waals surface area contributed by atoms with E-state index < -0.39 is 6.10 Å². The Bertz CT molecular complexity index is 697. The lowest BCUT2D eigenvalue weighted by Crippen LogP contribution is -2.35. The topological polar surface area (TPSA) is 68.5 Å². The van der Waals surface area contributed by atoms with Crippen molar-refractivity contribution >= 4 is 5.69 Å². The van der Waals surface area contributed by atoms with Gasteiger partial charge in [0, 0.05) is 31.4 Å². The molecule has 0 aliphatic carbocycles. The summed E-state index contributed by atoms with van der Waals surface area (Å²) in [5.41, 5.74) is 1.74. The van der Waals surface area contributed by atoms with Gasteiger partial charge in [-0.15, -0.1) is 0 Å². The van der Waals surface area contributed by atoms with Crippen LogP contribution >= 0.6 is 0 Å². The van der Waals surface area contributed by atoms with Crippen molar-refractivity contribution in [3.8, 4) is 11.8 Å². The summed E-state index contributed by atoms with van der Waals surface area (Å²) < 4.78 is 5.60. The number of aliphatic hydroxyl groups is 1. The van der Waals surface area contributed by atoms with E-state index in [-0.39, 0.29) is 6.61 Å². The zero-order valence-electron chi connectivity index (χ0n) is 14.1. The van der Waals surface area contributed by atoms with Crippen LogP contribution in [0.3, 0.4) is 0 Å². The van der Waals surface area contributed by atoms with Gasteiger partial charge >= 0.3 is 0 Å². The summed E-state index contributed by atoms with van der Waals surface area (Å²) in [5, 5.41) is 22.5. The molecule has 2 aromatic rings. The van der Waals surface area contributed by atoms with Crippen LogP contribution in [0.4, 0.5) is 5.69 Å². The fourth-order valence-electron chi connectivity index (χ4n) is 3.06. The molecule has 1 aliphatic rings. The van der Waals surface area contributed by atoms with Gasteiger partial charge in [-0.05, 0) is 42.8 Å². The van der Waals surface area contributed by atoms with Crippen LogP contribution in [0, 0.1) is 11.3 Å². The van der Waals surface area contributed by atoms with Crippen LogP contribution in [-0.2, 0) is 0 Å². The van der Waals surface area contributed by atoms with Gasteiger partial charge in [-0.1, -0.05) is 18.2 Å². The number of rotatable bonds is 7. The number of ether oxygens (including phenoxy) is 1. The molecular weight excluding hydrogens is 314 g/mol. The van der Waals surface area contributed by atoms with Gasteiger partial charge in [-0.3, -0.25) is 4.90 Å². The first-order chi connectivity index (χ1) is 12.2. The Hall–Kier alpha value is -2.55. The Kier molecular flexibility index (Phi) is 5.89. The summed E-state index contributed by atoms with van der Waals surface area (Å²) in [7, 11) is 0. The second-order valence-corrected chi connectivity index (χ2v) is 6.36. The number of benzene rings is 2. The SMILES string of the molecule is N#Cc1ccc(OCC(O)CN2CCC(Nc3ccccc3)C2)cc1. The van der Waals surface area contributed by atoms with Gasteiger partial charge < -0.3 is 15.2 Å². The van der Waals surface area contributed by atoms with Gasteiger partial charge in [0.1, 0.15) is 18.5 Å². The summed E-state index contributed by atoms with van der Waals surface area (Å²) in [4.78, 5) is 2.26. The number of β-amino-alcohol motifs (C(OH)–C–C–N with tert-alkyl or cyclic N) is 1. The highest BCUT2D eigenvalue weighted by molar-refractivity contribution is 5.43. The van der Waals surface area contributed by atoms with Crippen molar-refractivity contribution in [1.29, 1.82) is 5.26 Å². The molecule has 5 nitrogen and oxygen atoms in total. The first-order valence-electron chi connectivity index (χ1n) is 8.58. The third-order valence-corrected chi connectivity index (χ3v) is 4.31. The summed E-state index contributed by atoms with van der Waals surface area (Å²) in [6, 6.07) is 19.6. The first-order valence-corrected chi connectivity index (χ1v) is 8.58. The van der Waals surface area contributed by atoms with Crippen LogP contribution in [0.2, 0.25) is 0 Å². The van der Waals surface area contributed by atoms with Crippen molar-refractivity contribution in [2.45, 2.75) is 18.6 Å². The van der Waals surface area contributed by atoms with E-state index in [1.165, 1.54) is 0 Å². The van der Waals surface area contributed by atoms with E-state index >= 15 is 0 Å². The van der Waals surface area contributed by atoms with Crippen LogP contribution in [0.1, 0.15) is 12.0 Å². The second kappa shape index (κ2) is 8.52. The Morgan fingerprint density at radius 3 is 2.68 bits per heavy atom. The minimum atomic E-state index is -0.536. The smallest absolute Gasteiger partial charge is 0.119 e. The molecule has 0 amide bonds. The summed E-state index contributed by atoms with van der Waals surface area (Å²) in [6.07, 6.45) is 0.532. The van der Waals surface area contributed by atoms with Crippen LogP contribution in [0.5, 0.6) is 5.75 Å². The quantitative estimate of drug-likeness (QED) is 0.812. The molecule has 1 heterocycles. The Balaban J connectivity index is 1.39. The van der Waals surface area contributed by atoms with E-state index in [0.29, 0.717) is 23.9 Å². The fourth-order valence-corrected chi connectivity index (χ4v) is 3.06. The predicted octanol–water partition coefficient (Wildman–Crippen LogP) is 2.48. The largest absolute Gasteiger partial charge is 0.491 e. The summed E-state index contributed by atoms with van der Waals surface area (Å²) in [5.74, 6) is 0.670.